The number of benzene rings is 3. The third-order valence-corrected chi connectivity index (χ3v) is 4.33. The lowest BCUT2D eigenvalue weighted by atomic mass is 10.1. The van der Waals surface area contributed by atoms with Gasteiger partial charge in [-0.05, 0) is 35.9 Å². The van der Waals surface area contributed by atoms with Gasteiger partial charge in [0.15, 0.2) is 5.43 Å². The molecule has 26 heavy (non-hydrogen) atoms. The molecule has 0 N–H and O–H groups in total. The Labute approximate surface area is 155 Å². The second-order valence-corrected chi connectivity index (χ2v) is 6.35. The van der Waals surface area contributed by atoms with E-state index in [0.717, 1.165) is 11.1 Å². The van der Waals surface area contributed by atoms with E-state index in [4.69, 9.17) is 20.8 Å². The van der Waals surface area contributed by atoms with Gasteiger partial charge < -0.3 is 9.15 Å². The zero-order chi connectivity index (χ0) is 17.9. The fraction of sp³-hybridized carbons (Fsp3) is 0.0455. The van der Waals surface area contributed by atoms with Crippen LogP contribution >= 0.6 is 11.6 Å². The van der Waals surface area contributed by atoms with Gasteiger partial charge in [-0.1, -0.05) is 54.1 Å². The Morgan fingerprint density at radius 3 is 2.42 bits per heavy atom. The molecular formula is C22H15ClO3. The summed E-state index contributed by atoms with van der Waals surface area (Å²) in [5.41, 5.74) is 2.31. The van der Waals surface area contributed by atoms with Crippen LogP contribution in [0.4, 0.5) is 0 Å². The second-order valence-electron chi connectivity index (χ2n) is 5.91. The number of hydrogen-bond acceptors (Lipinski definition) is 3. The lowest BCUT2D eigenvalue weighted by Gasteiger charge is -2.08. The van der Waals surface area contributed by atoms with E-state index in [1.54, 1.807) is 18.2 Å². The molecule has 4 heteroatoms. The van der Waals surface area contributed by atoms with Crippen LogP contribution in [0.1, 0.15) is 5.56 Å². The summed E-state index contributed by atoms with van der Waals surface area (Å²) >= 11 is 5.88. The highest BCUT2D eigenvalue weighted by molar-refractivity contribution is 6.30. The van der Waals surface area contributed by atoms with Gasteiger partial charge >= 0.3 is 0 Å². The largest absolute Gasteiger partial charge is 0.489 e. The first-order valence-electron chi connectivity index (χ1n) is 8.20. The van der Waals surface area contributed by atoms with E-state index >= 15 is 0 Å². The zero-order valence-corrected chi connectivity index (χ0v) is 14.6. The van der Waals surface area contributed by atoms with Crippen molar-refractivity contribution in [3.05, 3.63) is 99.7 Å². The maximum absolute atomic E-state index is 12.5. The number of ether oxygens (including phenoxy) is 1. The maximum atomic E-state index is 12.5. The van der Waals surface area contributed by atoms with Crippen molar-refractivity contribution in [1.82, 2.24) is 0 Å². The lowest BCUT2D eigenvalue weighted by molar-refractivity contribution is 0.306. The van der Waals surface area contributed by atoms with Crippen molar-refractivity contribution in [3.8, 4) is 17.1 Å². The van der Waals surface area contributed by atoms with Crippen molar-refractivity contribution in [2.24, 2.45) is 0 Å². The molecule has 3 nitrogen and oxygen atoms in total. The first-order valence-corrected chi connectivity index (χ1v) is 8.57. The fourth-order valence-corrected chi connectivity index (χ4v) is 2.84. The average molecular weight is 363 g/mol. The number of fused-ring (bicyclic) bond motifs is 1. The van der Waals surface area contributed by atoms with Gasteiger partial charge in [-0.15, -0.1) is 0 Å². The summed E-state index contributed by atoms with van der Waals surface area (Å²) in [7, 11) is 0. The summed E-state index contributed by atoms with van der Waals surface area (Å²) in [5.74, 6) is 1.17. The van der Waals surface area contributed by atoms with E-state index in [1.807, 2.05) is 54.6 Å². The number of hydrogen-bond donors (Lipinski definition) is 0. The van der Waals surface area contributed by atoms with Gasteiger partial charge in [0.1, 0.15) is 23.7 Å². The summed E-state index contributed by atoms with van der Waals surface area (Å²) in [6.07, 6.45) is 0. The molecule has 0 aliphatic rings. The highest BCUT2D eigenvalue weighted by atomic mass is 35.5. The molecule has 1 aromatic heterocycles. The van der Waals surface area contributed by atoms with Crippen LogP contribution in [0.25, 0.3) is 22.3 Å². The van der Waals surface area contributed by atoms with E-state index in [9.17, 15) is 4.79 Å². The van der Waals surface area contributed by atoms with Gasteiger partial charge in [0.25, 0.3) is 0 Å². The molecule has 0 radical (unpaired) electrons. The first-order chi connectivity index (χ1) is 12.7. The molecule has 0 aliphatic carbocycles. The quantitative estimate of drug-likeness (QED) is 0.468. The van der Waals surface area contributed by atoms with Crippen molar-refractivity contribution in [3.63, 3.8) is 0 Å². The topological polar surface area (TPSA) is 39.4 Å². The van der Waals surface area contributed by atoms with Crippen molar-refractivity contribution in [1.29, 1.82) is 0 Å². The van der Waals surface area contributed by atoms with Gasteiger partial charge in [-0.2, -0.15) is 0 Å². The molecule has 0 unspecified atom stereocenters. The molecule has 0 bridgehead atoms. The summed E-state index contributed by atoms with van der Waals surface area (Å²) in [6, 6.07) is 23.8. The molecule has 3 aromatic carbocycles. The second kappa shape index (κ2) is 7.06. The van der Waals surface area contributed by atoms with Crippen molar-refractivity contribution in [2.75, 3.05) is 0 Å². The number of halogens is 1. The predicted molar refractivity (Wildman–Crippen MR) is 104 cm³/mol. The highest BCUT2D eigenvalue weighted by Gasteiger charge is 2.08. The van der Waals surface area contributed by atoms with Crippen molar-refractivity contribution in [2.45, 2.75) is 6.61 Å². The summed E-state index contributed by atoms with van der Waals surface area (Å²) in [4.78, 5) is 12.5. The lowest BCUT2D eigenvalue weighted by Crippen LogP contribution is -2.01. The van der Waals surface area contributed by atoms with Crippen LogP contribution in [0.2, 0.25) is 5.02 Å². The zero-order valence-electron chi connectivity index (χ0n) is 13.8. The number of rotatable bonds is 4. The smallest absolute Gasteiger partial charge is 0.193 e. The normalized spacial score (nSPS) is 10.8. The molecule has 4 aromatic rings. The molecule has 0 amide bonds. The Kier molecular flexibility index (Phi) is 4.46. The standard InChI is InChI=1S/C22H15ClO3/c23-17-8-6-15(7-9-17)14-25-18-10-11-21-19(12-18)20(24)13-22(26-21)16-4-2-1-3-5-16/h1-13H,14H2. The fourth-order valence-electron chi connectivity index (χ4n) is 2.72. The summed E-state index contributed by atoms with van der Waals surface area (Å²) in [6.45, 7) is 0.399. The molecule has 128 valence electrons. The van der Waals surface area contributed by atoms with Crippen LogP contribution in [-0.4, -0.2) is 0 Å². The van der Waals surface area contributed by atoms with Gasteiger partial charge in [0.05, 0.1) is 5.39 Å². The summed E-state index contributed by atoms with van der Waals surface area (Å²) in [5, 5.41) is 1.18. The van der Waals surface area contributed by atoms with Crippen LogP contribution in [0, 0.1) is 0 Å². The average Bonchev–Trinajstić information content (AvgIpc) is 2.68. The SMILES string of the molecule is O=c1cc(-c2ccccc2)oc2ccc(OCc3ccc(Cl)cc3)cc12. The molecule has 0 atom stereocenters. The van der Waals surface area contributed by atoms with E-state index in [0.29, 0.717) is 34.1 Å². The predicted octanol–water partition coefficient (Wildman–Crippen LogP) is 5.69. The molecule has 4 rings (SSSR count). The molecule has 0 saturated heterocycles. The Balaban J connectivity index is 1.62. The Bertz CT molecular complexity index is 1100. The molecule has 0 aliphatic heterocycles. The minimum absolute atomic E-state index is 0.0953. The van der Waals surface area contributed by atoms with Crippen molar-refractivity contribution < 1.29 is 9.15 Å². The molecule has 0 saturated carbocycles. The first kappa shape index (κ1) is 16.4. The molecular weight excluding hydrogens is 348 g/mol. The van der Waals surface area contributed by atoms with Crippen LogP contribution in [0.15, 0.2) is 88.1 Å². The van der Waals surface area contributed by atoms with Crippen LogP contribution in [0.3, 0.4) is 0 Å². The maximum Gasteiger partial charge on any atom is 0.193 e. The monoisotopic (exact) mass is 362 g/mol. The summed E-state index contributed by atoms with van der Waals surface area (Å²) < 4.78 is 11.7. The Hall–Kier alpha value is -3.04. The van der Waals surface area contributed by atoms with Crippen LogP contribution in [0.5, 0.6) is 5.75 Å². The van der Waals surface area contributed by atoms with E-state index in [-0.39, 0.29) is 5.43 Å². The minimum Gasteiger partial charge on any atom is -0.489 e. The van der Waals surface area contributed by atoms with E-state index < -0.39 is 0 Å². The van der Waals surface area contributed by atoms with E-state index in [2.05, 4.69) is 0 Å². The van der Waals surface area contributed by atoms with Gasteiger partial charge in [0.2, 0.25) is 0 Å². The highest BCUT2D eigenvalue weighted by Crippen LogP contribution is 2.25. The third-order valence-electron chi connectivity index (χ3n) is 4.08. The minimum atomic E-state index is -0.0953. The Morgan fingerprint density at radius 2 is 1.65 bits per heavy atom. The third kappa shape index (κ3) is 3.48. The van der Waals surface area contributed by atoms with Crippen LogP contribution in [-0.2, 0) is 6.61 Å². The van der Waals surface area contributed by atoms with Crippen molar-refractivity contribution >= 4 is 22.6 Å². The van der Waals surface area contributed by atoms with Gasteiger partial charge in [-0.25, -0.2) is 0 Å². The Morgan fingerprint density at radius 1 is 0.885 bits per heavy atom. The molecule has 0 fully saturated rings. The molecule has 1 heterocycles. The van der Waals surface area contributed by atoms with Gasteiger partial charge in [0, 0.05) is 16.7 Å². The molecule has 0 spiro atoms. The van der Waals surface area contributed by atoms with Gasteiger partial charge in [-0.3, -0.25) is 4.79 Å². The van der Waals surface area contributed by atoms with Crippen LogP contribution < -0.4 is 10.2 Å². The van der Waals surface area contributed by atoms with E-state index in [1.165, 1.54) is 6.07 Å².